The van der Waals surface area contributed by atoms with E-state index in [1.54, 1.807) is 0 Å². The molecule has 0 aromatic heterocycles. The highest BCUT2D eigenvalue weighted by Crippen LogP contribution is 2.38. The summed E-state index contributed by atoms with van der Waals surface area (Å²) in [5, 5.41) is 0. The molecule has 1 atom stereocenters. The lowest BCUT2D eigenvalue weighted by molar-refractivity contribution is -0.0118. The third kappa shape index (κ3) is 1.34. The van der Waals surface area contributed by atoms with Crippen LogP contribution < -0.4 is 0 Å². The Balaban J connectivity index is 2.81. The zero-order valence-corrected chi connectivity index (χ0v) is 7.68. The maximum Gasteiger partial charge on any atom is 0.388 e. The Morgan fingerprint density at radius 2 is 1.82 bits per heavy atom. The Morgan fingerprint density at radius 1 is 1.27 bits per heavy atom. The van der Waals surface area contributed by atoms with Crippen LogP contribution in [0, 0.1) is 0 Å². The van der Waals surface area contributed by atoms with Gasteiger partial charge in [-0.05, 0) is 27.2 Å². The molecule has 1 aliphatic rings. The van der Waals surface area contributed by atoms with Crippen molar-refractivity contribution in [2.45, 2.75) is 45.3 Å². The molecule has 2 radical (unpaired) electrons. The van der Waals surface area contributed by atoms with Gasteiger partial charge in [-0.25, -0.2) is 0 Å². The van der Waals surface area contributed by atoms with Crippen LogP contribution in [0.2, 0.25) is 0 Å². The van der Waals surface area contributed by atoms with Gasteiger partial charge in [-0.1, -0.05) is 6.92 Å². The van der Waals surface area contributed by atoms with Gasteiger partial charge in [0.25, 0.3) is 0 Å². The molecule has 0 bridgehead atoms. The van der Waals surface area contributed by atoms with Gasteiger partial charge in [-0.15, -0.1) is 0 Å². The zero-order valence-electron chi connectivity index (χ0n) is 7.68. The van der Waals surface area contributed by atoms with Crippen LogP contribution >= 0.6 is 0 Å². The molecule has 60 valence electrons. The summed E-state index contributed by atoms with van der Waals surface area (Å²) in [6.45, 7) is 8.11. The third-order valence-corrected chi connectivity index (χ3v) is 2.74. The van der Waals surface area contributed by atoms with E-state index in [1.165, 1.54) is 0 Å². The van der Waals surface area contributed by atoms with Crippen LogP contribution in [0.5, 0.6) is 0 Å². The molecule has 11 heavy (non-hydrogen) atoms. The Bertz CT molecular complexity index is 161. The van der Waals surface area contributed by atoms with E-state index in [1.807, 2.05) is 20.8 Å². The molecule has 0 aromatic carbocycles. The number of rotatable bonds is 1. The predicted molar refractivity (Wildman–Crippen MR) is 46.5 cm³/mol. The van der Waals surface area contributed by atoms with Crippen molar-refractivity contribution in [2.24, 2.45) is 0 Å². The van der Waals surface area contributed by atoms with Crippen LogP contribution in [0.25, 0.3) is 0 Å². The van der Waals surface area contributed by atoms with Crippen molar-refractivity contribution in [3.63, 3.8) is 0 Å². The van der Waals surface area contributed by atoms with Crippen LogP contribution in [0.1, 0.15) is 34.1 Å². The van der Waals surface area contributed by atoms with Crippen molar-refractivity contribution in [2.75, 3.05) is 0 Å². The highest BCUT2D eigenvalue weighted by molar-refractivity contribution is 6.95. The van der Waals surface area contributed by atoms with E-state index in [4.69, 9.17) is 17.0 Å². The van der Waals surface area contributed by atoms with Crippen molar-refractivity contribution in [3.8, 4) is 0 Å². The Kier molecular flexibility index (Phi) is 2.10. The van der Waals surface area contributed by atoms with Crippen molar-refractivity contribution >= 4 is 14.7 Å². The highest BCUT2D eigenvalue weighted by atomic mass is 16.7. The molecular weight excluding hydrogens is 138 g/mol. The van der Waals surface area contributed by atoms with E-state index in [2.05, 4.69) is 6.92 Å². The fourth-order valence-electron chi connectivity index (χ4n) is 1.35. The van der Waals surface area contributed by atoms with Crippen LogP contribution in [0.4, 0.5) is 0 Å². The fraction of sp³-hybridized carbons (Fsp3) is 1.00. The summed E-state index contributed by atoms with van der Waals surface area (Å²) in [4.78, 5) is 0. The third-order valence-electron chi connectivity index (χ3n) is 2.74. The van der Waals surface area contributed by atoms with Gasteiger partial charge in [-0.3, -0.25) is 0 Å². The molecule has 1 heterocycles. The van der Waals surface area contributed by atoms with Gasteiger partial charge in [0.05, 0.1) is 11.2 Å². The standard InChI is InChI=1S/C7H14B2O2/c1-5-7(4)6(2,3)10-9(8)11-7/h5H2,1-4H3. The maximum atomic E-state index is 5.52. The second kappa shape index (κ2) is 2.53. The summed E-state index contributed by atoms with van der Waals surface area (Å²) < 4.78 is 10.9. The lowest BCUT2D eigenvalue weighted by Crippen LogP contribution is -2.44. The molecule has 0 saturated carbocycles. The van der Waals surface area contributed by atoms with E-state index in [0.29, 0.717) is 0 Å². The van der Waals surface area contributed by atoms with E-state index in [0.717, 1.165) is 6.42 Å². The van der Waals surface area contributed by atoms with Crippen LogP contribution in [-0.4, -0.2) is 25.9 Å². The molecule has 0 aromatic rings. The highest BCUT2D eigenvalue weighted by Gasteiger charge is 2.50. The van der Waals surface area contributed by atoms with Crippen LogP contribution in [0.3, 0.4) is 0 Å². The summed E-state index contributed by atoms with van der Waals surface area (Å²) in [6, 6.07) is 0. The SMILES string of the molecule is [B]B1OC(C)(C)C(C)(CC)O1. The lowest BCUT2D eigenvalue weighted by atomic mass is 9.63. The molecule has 1 aliphatic heterocycles. The van der Waals surface area contributed by atoms with Crippen molar-refractivity contribution in [3.05, 3.63) is 0 Å². The van der Waals surface area contributed by atoms with Crippen LogP contribution in [0.15, 0.2) is 0 Å². The molecule has 1 saturated heterocycles. The van der Waals surface area contributed by atoms with E-state index in [9.17, 15) is 0 Å². The maximum absolute atomic E-state index is 5.52. The smallest absolute Gasteiger partial charge is 0.388 e. The monoisotopic (exact) mass is 152 g/mol. The minimum absolute atomic E-state index is 0.244. The zero-order chi connectivity index (χ0) is 8.70. The predicted octanol–water partition coefficient (Wildman–Crippen LogP) is 1.13. The van der Waals surface area contributed by atoms with E-state index >= 15 is 0 Å². The van der Waals surface area contributed by atoms with Gasteiger partial charge in [-0.2, -0.15) is 0 Å². The first kappa shape index (κ1) is 9.14. The molecule has 0 aliphatic carbocycles. The van der Waals surface area contributed by atoms with Crippen molar-refractivity contribution in [1.29, 1.82) is 0 Å². The lowest BCUT2D eigenvalue weighted by Gasteiger charge is -2.35. The van der Waals surface area contributed by atoms with Crippen molar-refractivity contribution in [1.82, 2.24) is 0 Å². The summed E-state index contributed by atoms with van der Waals surface area (Å²) in [5.41, 5.74) is -0.520. The van der Waals surface area contributed by atoms with Gasteiger partial charge in [0.1, 0.15) is 7.74 Å². The molecule has 0 spiro atoms. The number of hydrogen-bond acceptors (Lipinski definition) is 2. The first-order chi connectivity index (χ1) is 4.91. The quantitative estimate of drug-likeness (QED) is 0.524. The Hall–Kier alpha value is 0.0499. The summed E-state index contributed by atoms with van der Waals surface area (Å²) in [7, 11) is 4.96. The summed E-state index contributed by atoms with van der Waals surface area (Å²) in [6.07, 6.45) is 0.910. The first-order valence-electron chi connectivity index (χ1n) is 4.02. The molecule has 1 rings (SSSR count). The molecule has 1 unspecified atom stereocenters. The molecule has 0 amide bonds. The second-order valence-electron chi connectivity index (χ2n) is 3.70. The van der Waals surface area contributed by atoms with E-state index < -0.39 is 7.01 Å². The average Bonchev–Trinajstić information content (AvgIpc) is 2.03. The second-order valence-corrected chi connectivity index (χ2v) is 3.70. The molecular formula is C7H14B2O2. The summed E-state index contributed by atoms with van der Waals surface area (Å²) in [5.74, 6) is 0. The first-order valence-corrected chi connectivity index (χ1v) is 4.02. The summed E-state index contributed by atoms with van der Waals surface area (Å²) >= 11 is 0. The average molecular weight is 152 g/mol. The minimum atomic E-state index is -0.560. The van der Waals surface area contributed by atoms with Crippen molar-refractivity contribution < 1.29 is 9.31 Å². The minimum Gasteiger partial charge on any atom is -0.411 e. The molecule has 4 heteroatoms. The number of hydrogen-bond donors (Lipinski definition) is 0. The fourth-order valence-corrected chi connectivity index (χ4v) is 1.35. The normalized spacial score (nSPS) is 36.2. The Morgan fingerprint density at radius 3 is 2.00 bits per heavy atom. The Labute approximate surface area is 70.2 Å². The van der Waals surface area contributed by atoms with Gasteiger partial charge in [0.2, 0.25) is 0 Å². The molecule has 2 nitrogen and oxygen atoms in total. The topological polar surface area (TPSA) is 18.5 Å². The van der Waals surface area contributed by atoms with E-state index in [-0.39, 0.29) is 11.2 Å². The largest absolute Gasteiger partial charge is 0.411 e. The molecule has 1 fully saturated rings. The van der Waals surface area contributed by atoms with Gasteiger partial charge >= 0.3 is 7.01 Å². The van der Waals surface area contributed by atoms with Gasteiger partial charge in [0, 0.05) is 0 Å². The molecule has 0 N–H and O–H groups in total. The van der Waals surface area contributed by atoms with Gasteiger partial charge in [0.15, 0.2) is 0 Å². The van der Waals surface area contributed by atoms with Gasteiger partial charge < -0.3 is 9.31 Å². The van der Waals surface area contributed by atoms with Crippen LogP contribution in [-0.2, 0) is 9.31 Å².